The second-order valence-electron chi connectivity index (χ2n) is 4.43. The molecule has 20 heavy (non-hydrogen) atoms. The molecule has 0 aliphatic carbocycles. The first kappa shape index (κ1) is 14.8. The number of rotatable bonds is 4. The van der Waals surface area contributed by atoms with Gasteiger partial charge in [-0.15, -0.1) is 11.3 Å². The highest BCUT2D eigenvalue weighted by Crippen LogP contribution is 2.27. The molecule has 1 N–H and O–H groups in total. The van der Waals surface area contributed by atoms with Crippen molar-refractivity contribution in [3.63, 3.8) is 0 Å². The zero-order valence-corrected chi connectivity index (χ0v) is 13.1. The van der Waals surface area contributed by atoms with Crippen LogP contribution in [0.2, 0.25) is 5.02 Å². The molecular weight excluding hydrogens is 296 g/mol. The standard InChI is InChI=1S/C14H15ClN2O2S/c1-8-4-12(19-3)10(5-11(8)15)6-13(18)17-14-16-9(2)7-20-14/h4-5,7H,6H2,1-3H3,(H,16,17,18). The van der Waals surface area contributed by atoms with Gasteiger partial charge in [0.25, 0.3) is 0 Å². The molecule has 6 heteroatoms. The van der Waals surface area contributed by atoms with Crippen LogP contribution in [0, 0.1) is 13.8 Å². The van der Waals surface area contributed by atoms with Crippen molar-refractivity contribution in [3.05, 3.63) is 39.4 Å². The fourth-order valence-electron chi connectivity index (χ4n) is 1.77. The number of halogens is 1. The van der Waals surface area contributed by atoms with Gasteiger partial charge in [0.15, 0.2) is 5.13 Å². The number of ether oxygens (including phenoxy) is 1. The van der Waals surface area contributed by atoms with Gasteiger partial charge in [-0.3, -0.25) is 4.79 Å². The smallest absolute Gasteiger partial charge is 0.230 e. The van der Waals surface area contributed by atoms with E-state index in [4.69, 9.17) is 16.3 Å². The molecule has 2 rings (SSSR count). The number of thiazole rings is 1. The summed E-state index contributed by atoms with van der Waals surface area (Å²) in [5.74, 6) is 0.523. The largest absolute Gasteiger partial charge is 0.496 e. The number of carbonyl (C=O) groups is 1. The maximum absolute atomic E-state index is 12.0. The summed E-state index contributed by atoms with van der Waals surface area (Å²) in [6, 6.07) is 3.60. The number of hydrogen-bond donors (Lipinski definition) is 1. The number of hydrogen-bond acceptors (Lipinski definition) is 4. The van der Waals surface area contributed by atoms with E-state index in [-0.39, 0.29) is 12.3 Å². The van der Waals surface area contributed by atoms with E-state index >= 15 is 0 Å². The van der Waals surface area contributed by atoms with Crippen molar-refractivity contribution >= 4 is 34.0 Å². The molecule has 1 aromatic heterocycles. The number of methoxy groups -OCH3 is 1. The van der Waals surface area contributed by atoms with Crippen LogP contribution < -0.4 is 10.1 Å². The third-order valence-electron chi connectivity index (χ3n) is 2.78. The molecule has 1 aromatic carbocycles. The highest BCUT2D eigenvalue weighted by Gasteiger charge is 2.12. The first-order valence-electron chi connectivity index (χ1n) is 6.04. The Balaban J connectivity index is 2.13. The van der Waals surface area contributed by atoms with Crippen LogP contribution in [0.4, 0.5) is 5.13 Å². The molecule has 0 spiro atoms. The molecule has 0 bridgehead atoms. The second kappa shape index (κ2) is 6.24. The summed E-state index contributed by atoms with van der Waals surface area (Å²) in [4.78, 5) is 16.2. The van der Waals surface area contributed by atoms with Gasteiger partial charge in [0, 0.05) is 16.0 Å². The summed E-state index contributed by atoms with van der Waals surface area (Å²) in [5, 5.41) is 5.88. The predicted octanol–water partition coefficient (Wildman–Crippen LogP) is 3.60. The van der Waals surface area contributed by atoms with Gasteiger partial charge in [0.05, 0.1) is 19.2 Å². The molecule has 1 amide bonds. The van der Waals surface area contributed by atoms with Crippen LogP contribution in [0.3, 0.4) is 0 Å². The van der Waals surface area contributed by atoms with Gasteiger partial charge < -0.3 is 10.1 Å². The van der Waals surface area contributed by atoms with Crippen LogP contribution >= 0.6 is 22.9 Å². The number of anilines is 1. The topological polar surface area (TPSA) is 51.2 Å². The number of benzene rings is 1. The summed E-state index contributed by atoms with van der Waals surface area (Å²) < 4.78 is 5.28. The Bertz CT molecular complexity index is 640. The Morgan fingerprint density at radius 1 is 1.45 bits per heavy atom. The van der Waals surface area contributed by atoms with Gasteiger partial charge in [-0.25, -0.2) is 4.98 Å². The zero-order valence-electron chi connectivity index (χ0n) is 11.5. The molecule has 0 aliphatic heterocycles. The van der Waals surface area contributed by atoms with E-state index in [1.807, 2.05) is 25.3 Å². The van der Waals surface area contributed by atoms with Crippen LogP contribution in [-0.2, 0) is 11.2 Å². The molecule has 0 saturated carbocycles. The molecule has 2 aromatic rings. The lowest BCUT2D eigenvalue weighted by atomic mass is 10.1. The number of carbonyl (C=O) groups excluding carboxylic acids is 1. The van der Waals surface area contributed by atoms with Crippen molar-refractivity contribution in [2.24, 2.45) is 0 Å². The van der Waals surface area contributed by atoms with Gasteiger partial charge in [-0.05, 0) is 31.5 Å². The quantitative estimate of drug-likeness (QED) is 0.938. The number of nitrogens with zero attached hydrogens (tertiary/aromatic N) is 1. The molecular formula is C14H15ClN2O2S. The third kappa shape index (κ3) is 3.49. The Hall–Kier alpha value is -1.59. The van der Waals surface area contributed by atoms with Crippen molar-refractivity contribution in [1.82, 2.24) is 4.98 Å². The van der Waals surface area contributed by atoms with Crippen molar-refractivity contribution in [3.8, 4) is 5.75 Å². The van der Waals surface area contributed by atoms with Crippen LogP contribution in [-0.4, -0.2) is 18.0 Å². The van der Waals surface area contributed by atoms with Crippen LogP contribution in [0.1, 0.15) is 16.8 Å². The van der Waals surface area contributed by atoms with Gasteiger partial charge >= 0.3 is 0 Å². The number of aromatic nitrogens is 1. The summed E-state index contributed by atoms with van der Waals surface area (Å²) in [6.45, 7) is 3.78. The summed E-state index contributed by atoms with van der Waals surface area (Å²) in [5.41, 5.74) is 2.57. The van der Waals surface area contributed by atoms with E-state index in [1.54, 1.807) is 13.2 Å². The van der Waals surface area contributed by atoms with Crippen LogP contribution in [0.25, 0.3) is 0 Å². The first-order valence-corrected chi connectivity index (χ1v) is 7.30. The average molecular weight is 311 g/mol. The Morgan fingerprint density at radius 3 is 2.80 bits per heavy atom. The van der Waals surface area contributed by atoms with Crippen molar-refractivity contribution < 1.29 is 9.53 Å². The Labute approximate surface area is 126 Å². The van der Waals surface area contributed by atoms with E-state index in [0.29, 0.717) is 15.9 Å². The number of amides is 1. The van der Waals surface area contributed by atoms with E-state index < -0.39 is 0 Å². The SMILES string of the molecule is COc1cc(C)c(Cl)cc1CC(=O)Nc1nc(C)cs1. The maximum Gasteiger partial charge on any atom is 0.230 e. The minimum absolute atomic E-state index is 0.141. The van der Waals surface area contributed by atoms with E-state index in [1.165, 1.54) is 11.3 Å². The van der Waals surface area contributed by atoms with Gasteiger partial charge in [-0.1, -0.05) is 11.6 Å². The maximum atomic E-state index is 12.0. The fraction of sp³-hybridized carbons (Fsp3) is 0.286. The molecule has 0 aliphatic rings. The lowest BCUT2D eigenvalue weighted by molar-refractivity contribution is -0.115. The molecule has 0 unspecified atom stereocenters. The summed E-state index contributed by atoms with van der Waals surface area (Å²) in [6.07, 6.45) is 0.196. The number of nitrogens with one attached hydrogen (secondary N) is 1. The van der Waals surface area contributed by atoms with Gasteiger partial charge in [0.2, 0.25) is 5.91 Å². The second-order valence-corrected chi connectivity index (χ2v) is 5.70. The summed E-state index contributed by atoms with van der Waals surface area (Å²) >= 11 is 7.50. The normalized spacial score (nSPS) is 10.4. The fourth-order valence-corrected chi connectivity index (χ4v) is 2.66. The highest BCUT2D eigenvalue weighted by atomic mass is 35.5. The van der Waals surface area contributed by atoms with Crippen molar-refractivity contribution in [1.29, 1.82) is 0 Å². The molecule has 1 heterocycles. The molecule has 106 valence electrons. The van der Waals surface area contributed by atoms with Crippen LogP contribution in [0.15, 0.2) is 17.5 Å². The molecule has 0 radical (unpaired) electrons. The number of aryl methyl sites for hydroxylation is 2. The molecule has 0 atom stereocenters. The summed E-state index contributed by atoms with van der Waals surface area (Å²) in [7, 11) is 1.58. The zero-order chi connectivity index (χ0) is 14.7. The van der Waals surface area contributed by atoms with E-state index in [9.17, 15) is 4.79 Å². The van der Waals surface area contributed by atoms with E-state index in [2.05, 4.69) is 10.3 Å². The van der Waals surface area contributed by atoms with E-state index in [0.717, 1.165) is 16.8 Å². The van der Waals surface area contributed by atoms with Gasteiger partial charge in [-0.2, -0.15) is 0 Å². The third-order valence-corrected chi connectivity index (χ3v) is 4.06. The van der Waals surface area contributed by atoms with Gasteiger partial charge in [0.1, 0.15) is 5.75 Å². The van der Waals surface area contributed by atoms with Crippen LogP contribution in [0.5, 0.6) is 5.75 Å². The molecule has 0 fully saturated rings. The van der Waals surface area contributed by atoms with Crippen molar-refractivity contribution in [2.75, 3.05) is 12.4 Å². The Morgan fingerprint density at radius 2 is 2.20 bits per heavy atom. The monoisotopic (exact) mass is 310 g/mol. The predicted molar refractivity (Wildman–Crippen MR) is 81.9 cm³/mol. The highest BCUT2D eigenvalue weighted by molar-refractivity contribution is 7.13. The minimum atomic E-state index is -0.141. The minimum Gasteiger partial charge on any atom is -0.496 e. The lowest BCUT2D eigenvalue weighted by Crippen LogP contribution is -2.15. The molecule has 4 nitrogen and oxygen atoms in total. The Kier molecular flexibility index (Phi) is 4.62. The lowest BCUT2D eigenvalue weighted by Gasteiger charge is -2.10. The molecule has 0 saturated heterocycles. The van der Waals surface area contributed by atoms with Crippen molar-refractivity contribution in [2.45, 2.75) is 20.3 Å². The first-order chi connectivity index (χ1) is 9.49. The average Bonchev–Trinajstić information content (AvgIpc) is 2.78.